The van der Waals surface area contributed by atoms with E-state index in [4.69, 9.17) is 5.73 Å². The molecule has 0 radical (unpaired) electrons. The Hall–Kier alpha value is -0.710. The molecule has 15 heavy (non-hydrogen) atoms. The smallest absolute Gasteiger partial charge is 0.0413 e. The first kappa shape index (κ1) is 10.8. The van der Waals surface area contributed by atoms with E-state index in [1.807, 2.05) is 18.5 Å². The average molecular weight is 268 g/mol. The molecule has 0 amide bonds. The quantitative estimate of drug-likeness (QED) is 0.793. The highest BCUT2D eigenvalue weighted by Gasteiger charge is 2.10. The van der Waals surface area contributed by atoms with Crippen LogP contribution in [0, 0.1) is 0 Å². The lowest BCUT2D eigenvalue weighted by Gasteiger charge is -2.19. The van der Waals surface area contributed by atoms with Crippen LogP contribution in [0.25, 0.3) is 0 Å². The second kappa shape index (κ2) is 4.88. The van der Waals surface area contributed by atoms with Crippen LogP contribution in [0.1, 0.15) is 5.56 Å². The monoisotopic (exact) mass is 267 g/mol. The van der Waals surface area contributed by atoms with Crippen molar-refractivity contribution >= 4 is 15.9 Å². The Morgan fingerprint density at radius 3 is 3.20 bits per heavy atom. The standard InChI is InChI=1S/C11H14BrN3/c12-11-7-14-2-1-9(11)3-8-4-10(13)6-15-5-8/h1-2,4,7,10,15H,3,5-6,13H2. The van der Waals surface area contributed by atoms with Crippen molar-refractivity contribution in [3.05, 3.63) is 40.1 Å². The number of halogens is 1. The molecule has 0 spiro atoms. The summed E-state index contributed by atoms with van der Waals surface area (Å²) in [5, 5.41) is 3.30. The fourth-order valence-electron chi connectivity index (χ4n) is 1.73. The number of pyridine rings is 1. The molecule has 1 aliphatic rings. The third-order valence-electron chi connectivity index (χ3n) is 2.46. The summed E-state index contributed by atoms with van der Waals surface area (Å²) in [6.07, 6.45) is 6.73. The summed E-state index contributed by atoms with van der Waals surface area (Å²) in [5.74, 6) is 0. The van der Waals surface area contributed by atoms with Gasteiger partial charge in [-0.15, -0.1) is 0 Å². The Balaban J connectivity index is 2.12. The minimum absolute atomic E-state index is 0.148. The molecule has 1 aromatic heterocycles. The molecule has 1 unspecified atom stereocenters. The number of nitrogens with one attached hydrogen (secondary N) is 1. The van der Waals surface area contributed by atoms with Gasteiger partial charge in [-0.05, 0) is 34.0 Å². The lowest BCUT2D eigenvalue weighted by Crippen LogP contribution is -2.38. The van der Waals surface area contributed by atoms with E-state index in [1.54, 1.807) is 0 Å². The van der Waals surface area contributed by atoms with Crippen molar-refractivity contribution in [3.8, 4) is 0 Å². The predicted molar refractivity (Wildman–Crippen MR) is 64.6 cm³/mol. The summed E-state index contributed by atoms with van der Waals surface area (Å²) < 4.78 is 1.06. The van der Waals surface area contributed by atoms with Crippen molar-refractivity contribution in [1.29, 1.82) is 0 Å². The van der Waals surface area contributed by atoms with E-state index in [1.165, 1.54) is 11.1 Å². The normalized spacial score (nSPS) is 21.2. The van der Waals surface area contributed by atoms with Crippen LogP contribution in [0.15, 0.2) is 34.6 Å². The highest BCUT2D eigenvalue weighted by Crippen LogP contribution is 2.18. The first-order valence-electron chi connectivity index (χ1n) is 5.00. The first-order chi connectivity index (χ1) is 7.25. The van der Waals surface area contributed by atoms with E-state index in [0.717, 1.165) is 24.0 Å². The van der Waals surface area contributed by atoms with Crippen LogP contribution in [0.3, 0.4) is 0 Å². The third-order valence-corrected chi connectivity index (χ3v) is 3.17. The van der Waals surface area contributed by atoms with Gasteiger partial charge in [0.25, 0.3) is 0 Å². The van der Waals surface area contributed by atoms with Crippen molar-refractivity contribution in [1.82, 2.24) is 10.3 Å². The molecule has 0 aliphatic carbocycles. The zero-order valence-electron chi connectivity index (χ0n) is 8.41. The minimum Gasteiger partial charge on any atom is -0.323 e. The molecular weight excluding hydrogens is 254 g/mol. The van der Waals surface area contributed by atoms with Crippen molar-refractivity contribution in [2.75, 3.05) is 13.1 Å². The first-order valence-corrected chi connectivity index (χ1v) is 5.79. The Kier molecular flexibility index (Phi) is 3.51. The summed E-state index contributed by atoms with van der Waals surface area (Å²) in [6.45, 7) is 1.81. The van der Waals surface area contributed by atoms with E-state index < -0.39 is 0 Å². The summed E-state index contributed by atoms with van der Waals surface area (Å²) in [6, 6.07) is 2.18. The van der Waals surface area contributed by atoms with E-state index >= 15 is 0 Å². The lowest BCUT2D eigenvalue weighted by molar-refractivity contribution is 0.627. The van der Waals surface area contributed by atoms with Gasteiger partial charge < -0.3 is 11.1 Å². The van der Waals surface area contributed by atoms with Gasteiger partial charge >= 0.3 is 0 Å². The zero-order chi connectivity index (χ0) is 10.7. The number of hydrogen-bond donors (Lipinski definition) is 2. The summed E-state index contributed by atoms with van der Waals surface area (Å²) in [4.78, 5) is 4.05. The van der Waals surface area contributed by atoms with Gasteiger partial charge in [-0.3, -0.25) is 4.98 Å². The molecule has 0 bridgehead atoms. The van der Waals surface area contributed by atoms with E-state index in [-0.39, 0.29) is 6.04 Å². The van der Waals surface area contributed by atoms with Gasteiger partial charge in [-0.1, -0.05) is 11.6 Å². The van der Waals surface area contributed by atoms with Crippen LogP contribution in [0.4, 0.5) is 0 Å². The fraction of sp³-hybridized carbons (Fsp3) is 0.364. The number of hydrogen-bond acceptors (Lipinski definition) is 3. The van der Waals surface area contributed by atoms with E-state index in [9.17, 15) is 0 Å². The van der Waals surface area contributed by atoms with Crippen LogP contribution in [0.2, 0.25) is 0 Å². The molecule has 1 aromatic rings. The molecule has 3 N–H and O–H groups in total. The molecular formula is C11H14BrN3. The van der Waals surface area contributed by atoms with E-state index in [2.05, 4.69) is 32.3 Å². The summed E-state index contributed by atoms with van der Waals surface area (Å²) in [5.41, 5.74) is 8.46. The molecule has 1 aliphatic heterocycles. The second-order valence-electron chi connectivity index (χ2n) is 3.76. The van der Waals surface area contributed by atoms with Gasteiger partial charge in [0, 0.05) is 36.0 Å². The molecule has 0 fully saturated rings. The highest BCUT2D eigenvalue weighted by atomic mass is 79.9. The van der Waals surface area contributed by atoms with Gasteiger partial charge in [-0.25, -0.2) is 0 Å². The molecule has 4 heteroatoms. The minimum atomic E-state index is 0.148. The number of rotatable bonds is 2. The van der Waals surface area contributed by atoms with Gasteiger partial charge in [0.1, 0.15) is 0 Å². The van der Waals surface area contributed by atoms with Gasteiger partial charge in [-0.2, -0.15) is 0 Å². The molecule has 0 aromatic carbocycles. The Morgan fingerprint density at radius 2 is 2.47 bits per heavy atom. The van der Waals surface area contributed by atoms with Gasteiger partial charge in [0.05, 0.1) is 0 Å². The van der Waals surface area contributed by atoms with Crippen LogP contribution < -0.4 is 11.1 Å². The van der Waals surface area contributed by atoms with Crippen molar-refractivity contribution < 1.29 is 0 Å². The number of nitrogens with two attached hydrogens (primary N) is 1. The maximum atomic E-state index is 5.85. The molecule has 0 saturated heterocycles. The SMILES string of the molecule is NC1C=C(Cc2ccncc2Br)CNC1. The number of aromatic nitrogens is 1. The summed E-state index contributed by atoms with van der Waals surface area (Å²) >= 11 is 3.50. The van der Waals surface area contributed by atoms with Crippen LogP contribution in [-0.4, -0.2) is 24.1 Å². The molecule has 0 saturated carbocycles. The van der Waals surface area contributed by atoms with E-state index in [0.29, 0.717) is 0 Å². The maximum Gasteiger partial charge on any atom is 0.0413 e. The Morgan fingerprint density at radius 1 is 1.60 bits per heavy atom. The van der Waals surface area contributed by atoms with Crippen molar-refractivity contribution in [2.45, 2.75) is 12.5 Å². The van der Waals surface area contributed by atoms with Crippen molar-refractivity contribution in [2.24, 2.45) is 5.73 Å². The second-order valence-corrected chi connectivity index (χ2v) is 4.62. The largest absolute Gasteiger partial charge is 0.323 e. The topological polar surface area (TPSA) is 50.9 Å². The van der Waals surface area contributed by atoms with Gasteiger partial charge in [0.15, 0.2) is 0 Å². The summed E-state index contributed by atoms with van der Waals surface area (Å²) in [7, 11) is 0. The molecule has 2 rings (SSSR count). The molecule has 2 heterocycles. The predicted octanol–water partition coefficient (Wildman–Crippen LogP) is 1.24. The van der Waals surface area contributed by atoms with Gasteiger partial charge in [0.2, 0.25) is 0 Å². The van der Waals surface area contributed by atoms with Crippen LogP contribution >= 0.6 is 15.9 Å². The van der Waals surface area contributed by atoms with Crippen LogP contribution in [0.5, 0.6) is 0 Å². The Labute approximate surface area is 97.9 Å². The molecule has 1 atom stereocenters. The lowest BCUT2D eigenvalue weighted by atomic mass is 10.0. The molecule has 80 valence electrons. The highest BCUT2D eigenvalue weighted by molar-refractivity contribution is 9.10. The molecule has 3 nitrogen and oxygen atoms in total. The van der Waals surface area contributed by atoms with Crippen molar-refractivity contribution in [3.63, 3.8) is 0 Å². The number of nitrogens with zero attached hydrogens (tertiary/aromatic N) is 1. The average Bonchev–Trinajstić information content (AvgIpc) is 2.22. The van der Waals surface area contributed by atoms with Crippen LogP contribution in [-0.2, 0) is 6.42 Å². The Bertz CT molecular complexity index is 376. The third kappa shape index (κ3) is 2.87. The zero-order valence-corrected chi connectivity index (χ0v) is 10.00. The fourth-order valence-corrected chi connectivity index (χ4v) is 2.12. The maximum absolute atomic E-state index is 5.85.